The lowest BCUT2D eigenvalue weighted by Gasteiger charge is -2.22. The molecule has 0 fully saturated rings. The van der Waals surface area contributed by atoms with Gasteiger partial charge in [-0.3, -0.25) is 0 Å². The van der Waals surface area contributed by atoms with Gasteiger partial charge in [-0.05, 0) is 30.6 Å². The number of hydrogen-bond acceptors (Lipinski definition) is 5. The molecule has 1 aromatic heterocycles. The molecule has 6 nitrogen and oxygen atoms in total. The molecule has 24 heavy (non-hydrogen) atoms. The zero-order chi connectivity index (χ0) is 16.9. The summed E-state index contributed by atoms with van der Waals surface area (Å²) in [7, 11) is 0. The van der Waals surface area contributed by atoms with E-state index in [1.54, 1.807) is 12.3 Å². The van der Waals surface area contributed by atoms with Crippen LogP contribution in [0.5, 0.6) is 0 Å². The van der Waals surface area contributed by atoms with Gasteiger partial charge in [0.25, 0.3) is 0 Å². The molecule has 2 aliphatic rings. The molecular formula is C18H20N4O2. The van der Waals surface area contributed by atoms with Gasteiger partial charge in [-0.25, -0.2) is 14.8 Å². The molecule has 0 saturated heterocycles. The first kappa shape index (κ1) is 16.0. The summed E-state index contributed by atoms with van der Waals surface area (Å²) in [6.07, 6.45) is 14.5. The van der Waals surface area contributed by atoms with Gasteiger partial charge in [-0.1, -0.05) is 36.5 Å². The van der Waals surface area contributed by atoms with Gasteiger partial charge in [0.05, 0.1) is 11.7 Å². The number of hydrogen-bond donors (Lipinski definition) is 2. The number of anilines is 1. The van der Waals surface area contributed by atoms with E-state index in [0.717, 1.165) is 12.0 Å². The maximum absolute atomic E-state index is 12.0. The second-order valence-electron chi connectivity index (χ2n) is 5.75. The van der Waals surface area contributed by atoms with Gasteiger partial charge in [0, 0.05) is 12.1 Å². The van der Waals surface area contributed by atoms with Gasteiger partial charge >= 0.3 is 6.09 Å². The van der Waals surface area contributed by atoms with E-state index in [0.29, 0.717) is 11.6 Å². The molecule has 0 bridgehead atoms. The third-order valence-corrected chi connectivity index (χ3v) is 4.04. The van der Waals surface area contributed by atoms with E-state index in [9.17, 15) is 4.79 Å². The fraction of sp³-hybridized carbons (Fsp3) is 0.278. The van der Waals surface area contributed by atoms with E-state index < -0.39 is 6.09 Å². The van der Waals surface area contributed by atoms with E-state index >= 15 is 0 Å². The summed E-state index contributed by atoms with van der Waals surface area (Å²) in [6, 6.07) is 1.40. The number of nitrogen functional groups attached to an aromatic ring is 1. The highest BCUT2D eigenvalue weighted by atomic mass is 16.5. The SMILES string of the molecule is CC(NC(=O)OCC1=C2C=CC=CC2CC=C1)c1ccnc(N)n1. The number of amides is 1. The molecule has 3 N–H and O–H groups in total. The van der Waals surface area contributed by atoms with E-state index in [-0.39, 0.29) is 18.6 Å². The van der Waals surface area contributed by atoms with Gasteiger partial charge in [-0.15, -0.1) is 0 Å². The molecule has 3 rings (SSSR count). The lowest BCUT2D eigenvalue weighted by molar-refractivity contribution is 0.152. The summed E-state index contributed by atoms with van der Waals surface area (Å²) < 4.78 is 5.36. The van der Waals surface area contributed by atoms with Crippen molar-refractivity contribution in [2.75, 3.05) is 12.3 Å². The molecule has 1 amide bonds. The lowest BCUT2D eigenvalue weighted by Crippen LogP contribution is -2.29. The standard InChI is InChI=1S/C18H20N4O2/c1-12(16-9-10-20-17(19)22-16)21-18(23)24-11-14-7-4-6-13-5-2-3-8-15(13)14/h2-5,7-10,12-13H,6,11H2,1H3,(H,21,23)(H2,19,20,22). The van der Waals surface area contributed by atoms with Crippen LogP contribution in [0, 0.1) is 5.92 Å². The van der Waals surface area contributed by atoms with Crippen molar-refractivity contribution in [2.45, 2.75) is 19.4 Å². The highest BCUT2D eigenvalue weighted by molar-refractivity contribution is 5.68. The fourth-order valence-corrected chi connectivity index (χ4v) is 2.79. The minimum atomic E-state index is -0.487. The van der Waals surface area contributed by atoms with Crippen LogP contribution < -0.4 is 11.1 Å². The Balaban J connectivity index is 1.58. The van der Waals surface area contributed by atoms with Crippen LogP contribution in [0.25, 0.3) is 0 Å². The normalized spacial score (nSPS) is 19.8. The number of nitrogens with two attached hydrogens (primary N) is 1. The predicted molar refractivity (Wildman–Crippen MR) is 91.9 cm³/mol. The summed E-state index contributed by atoms with van der Waals surface area (Å²) in [6.45, 7) is 2.06. The monoisotopic (exact) mass is 324 g/mol. The Labute approximate surface area is 140 Å². The number of nitrogens with zero attached hydrogens (tertiary/aromatic N) is 2. The quantitative estimate of drug-likeness (QED) is 0.889. The Bertz CT molecular complexity index is 749. The molecular weight excluding hydrogens is 304 g/mol. The van der Waals surface area contributed by atoms with Crippen molar-refractivity contribution in [1.29, 1.82) is 0 Å². The molecule has 0 saturated carbocycles. The Morgan fingerprint density at radius 3 is 3.17 bits per heavy atom. The lowest BCUT2D eigenvalue weighted by atomic mass is 9.84. The smallest absolute Gasteiger partial charge is 0.407 e. The number of carbonyl (C=O) groups excluding carboxylic acids is 1. The van der Waals surface area contributed by atoms with Gasteiger partial charge in [0.15, 0.2) is 0 Å². The summed E-state index contributed by atoms with van der Waals surface area (Å²) in [5, 5.41) is 2.75. The van der Waals surface area contributed by atoms with Crippen molar-refractivity contribution < 1.29 is 9.53 Å². The number of rotatable bonds is 4. The van der Waals surface area contributed by atoms with Crippen molar-refractivity contribution in [1.82, 2.24) is 15.3 Å². The van der Waals surface area contributed by atoms with Crippen molar-refractivity contribution in [3.05, 3.63) is 65.6 Å². The zero-order valence-corrected chi connectivity index (χ0v) is 13.5. The first-order valence-electron chi connectivity index (χ1n) is 7.89. The van der Waals surface area contributed by atoms with Crippen LogP contribution in [0.4, 0.5) is 10.7 Å². The number of fused-ring (bicyclic) bond motifs is 1. The highest BCUT2D eigenvalue weighted by Gasteiger charge is 2.19. The summed E-state index contributed by atoms with van der Waals surface area (Å²) in [4.78, 5) is 20.0. The molecule has 1 heterocycles. The summed E-state index contributed by atoms with van der Waals surface area (Å²) >= 11 is 0. The van der Waals surface area contributed by atoms with Crippen LogP contribution in [0.1, 0.15) is 25.1 Å². The second-order valence-corrected chi connectivity index (χ2v) is 5.75. The maximum atomic E-state index is 12.0. The molecule has 0 spiro atoms. The van der Waals surface area contributed by atoms with E-state index in [2.05, 4.69) is 33.5 Å². The fourth-order valence-electron chi connectivity index (χ4n) is 2.79. The van der Waals surface area contributed by atoms with Crippen molar-refractivity contribution in [2.24, 2.45) is 5.92 Å². The Morgan fingerprint density at radius 2 is 2.33 bits per heavy atom. The minimum absolute atomic E-state index is 0.178. The van der Waals surface area contributed by atoms with Crippen LogP contribution in [0.15, 0.2) is 59.9 Å². The molecule has 0 aliphatic heterocycles. The van der Waals surface area contributed by atoms with Crippen molar-refractivity contribution in [3.63, 3.8) is 0 Å². The van der Waals surface area contributed by atoms with Gasteiger partial charge in [0.1, 0.15) is 6.61 Å². The van der Waals surface area contributed by atoms with E-state index in [4.69, 9.17) is 10.5 Å². The van der Waals surface area contributed by atoms with E-state index in [1.807, 2.05) is 25.2 Å². The molecule has 2 atom stereocenters. The first-order valence-corrected chi connectivity index (χ1v) is 7.89. The Kier molecular flexibility index (Phi) is 4.74. The second kappa shape index (κ2) is 7.12. The number of allylic oxidation sites excluding steroid dienone is 6. The number of ether oxygens (including phenoxy) is 1. The van der Waals surface area contributed by atoms with Crippen LogP contribution in [0.2, 0.25) is 0 Å². The molecule has 0 aromatic carbocycles. The Hall–Kier alpha value is -2.89. The topological polar surface area (TPSA) is 90.1 Å². The summed E-state index contributed by atoms with van der Waals surface area (Å²) in [5.74, 6) is 0.557. The number of carbonyl (C=O) groups is 1. The largest absolute Gasteiger partial charge is 0.445 e. The molecule has 2 aliphatic carbocycles. The van der Waals surface area contributed by atoms with Crippen LogP contribution in [-0.4, -0.2) is 22.7 Å². The van der Waals surface area contributed by atoms with Gasteiger partial charge < -0.3 is 15.8 Å². The zero-order valence-electron chi connectivity index (χ0n) is 13.5. The third kappa shape index (κ3) is 3.71. The van der Waals surface area contributed by atoms with Crippen molar-refractivity contribution >= 4 is 12.0 Å². The van der Waals surface area contributed by atoms with Crippen molar-refractivity contribution in [3.8, 4) is 0 Å². The maximum Gasteiger partial charge on any atom is 0.407 e. The Morgan fingerprint density at radius 1 is 1.46 bits per heavy atom. The predicted octanol–water partition coefficient (Wildman–Crippen LogP) is 2.84. The summed E-state index contributed by atoms with van der Waals surface area (Å²) in [5.41, 5.74) is 8.43. The number of alkyl carbamates (subject to hydrolysis) is 1. The average Bonchev–Trinajstić information content (AvgIpc) is 2.60. The third-order valence-electron chi connectivity index (χ3n) is 4.04. The number of nitrogens with one attached hydrogen (secondary N) is 1. The molecule has 6 heteroatoms. The van der Waals surface area contributed by atoms with Crippen LogP contribution in [-0.2, 0) is 4.74 Å². The van der Waals surface area contributed by atoms with Gasteiger partial charge in [-0.2, -0.15) is 0 Å². The minimum Gasteiger partial charge on any atom is -0.445 e. The highest BCUT2D eigenvalue weighted by Crippen LogP contribution is 2.30. The average molecular weight is 324 g/mol. The molecule has 0 radical (unpaired) electrons. The van der Waals surface area contributed by atoms with E-state index in [1.165, 1.54) is 5.57 Å². The van der Waals surface area contributed by atoms with Crippen LogP contribution in [0.3, 0.4) is 0 Å². The van der Waals surface area contributed by atoms with Crippen LogP contribution >= 0.6 is 0 Å². The molecule has 2 unspecified atom stereocenters. The van der Waals surface area contributed by atoms with Gasteiger partial charge in [0.2, 0.25) is 5.95 Å². The molecule has 1 aromatic rings. The molecule has 124 valence electrons. The first-order chi connectivity index (χ1) is 11.6. The number of aromatic nitrogens is 2.